The van der Waals surface area contributed by atoms with Gasteiger partial charge in [0, 0.05) is 16.8 Å². The molecule has 2 aromatic rings. The molecule has 0 fully saturated rings. The number of hydrogen-bond donors (Lipinski definition) is 0. The Morgan fingerprint density at radius 2 is 2.31 bits per heavy atom. The van der Waals surface area contributed by atoms with Crippen LogP contribution in [0.5, 0.6) is 0 Å². The molecule has 0 spiro atoms. The number of hydrogen-bond acceptors (Lipinski definition) is 2. The molecule has 0 radical (unpaired) electrons. The molecule has 0 aliphatic heterocycles. The topological polar surface area (TPSA) is 39.3 Å². The van der Waals surface area contributed by atoms with E-state index >= 15 is 0 Å². The smallest absolute Gasteiger partial charge is 0.249 e. The number of rotatable bonds is 0. The molecule has 6 heteroatoms. The SMILES string of the molecule is Cn1nc2cc(I)c(Cl)cn2c1=O. The van der Waals surface area contributed by atoms with Crippen LogP contribution in [-0.2, 0) is 7.05 Å². The van der Waals surface area contributed by atoms with Crippen molar-refractivity contribution in [2.24, 2.45) is 7.05 Å². The van der Waals surface area contributed by atoms with E-state index in [0.29, 0.717) is 10.7 Å². The van der Waals surface area contributed by atoms with E-state index in [1.165, 1.54) is 9.08 Å². The van der Waals surface area contributed by atoms with E-state index in [9.17, 15) is 4.79 Å². The minimum absolute atomic E-state index is 0.187. The summed E-state index contributed by atoms with van der Waals surface area (Å²) in [5.41, 5.74) is 0.426. The van der Waals surface area contributed by atoms with Gasteiger partial charge in [-0.1, -0.05) is 11.6 Å². The van der Waals surface area contributed by atoms with Crippen LogP contribution in [0.4, 0.5) is 0 Å². The van der Waals surface area contributed by atoms with Crippen LogP contribution < -0.4 is 5.69 Å². The molecular weight excluding hydrogens is 304 g/mol. The lowest BCUT2D eigenvalue weighted by atomic mass is 10.5. The second-order valence-electron chi connectivity index (χ2n) is 2.60. The first-order valence-electron chi connectivity index (χ1n) is 3.50. The van der Waals surface area contributed by atoms with Gasteiger partial charge in [-0.15, -0.1) is 0 Å². The maximum absolute atomic E-state index is 11.4. The monoisotopic (exact) mass is 309 g/mol. The first-order chi connectivity index (χ1) is 6.09. The molecule has 0 atom stereocenters. The van der Waals surface area contributed by atoms with Gasteiger partial charge in [0.1, 0.15) is 0 Å². The third-order valence-electron chi connectivity index (χ3n) is 1.71. The van der Waals surface area contributed by atoms with Gasteiger partial charge in [-0.05, 0) is 28.7 Å². The van der Waals surface area contributed by atoms with Crippen LogP contribution in [0.3, 0.4) is 0 Å². The van der Waals surface area contributed by atoms with Crippen LogP contribution in [0.25, 0.3) is 5.65 Å². The second-order valence-corrected chi connectivity index (χ2v) is 4.17. The summed E-state index contributed by atoms with van der Waals surface area (Å²) in [5.74, 6) is 0. The van der Waals surface area contributed by atoms with E-state index < -0.39 is 0 Å². The summed E-state index contributed by atoms with van der Waals surface area (Å²) in [7, 11) is 1.61. The standard InChI is InChI=1S/C7H5ClIN3O/c1-11-7(13)12-3-4(8)5(9)2-6(12)10-11/h2-3H,1H3. The molecule has 68 valence electrons. The van der Waals surface area contributed by atoms with Gasteiger partial charge in [0.15, 0.2) is 5.65 Å². The van der Waals surface area contributed by atoms with E-state index in [4.69, 9.17) is 11.6 Å². The van der Waals surface area contributed by atoms with Crippen LogP contribution in [0.1, 0.15) is 0 Å². The normalized spacial score (nSPS) is 11.0. The Balaban J connectivity index is 2.97. The molecule has 0 saturated heterocycles. The maximum atomic E-state index is 11.4. The summed E-state index contributed by atoms with van der Waals surface area (Å²) in [4.78, 5) is 11.4. The highest BCUT2D eigenvalue weighted by Gasteiger charge is 2.06. The number of halogens is 2. The lowest BCUT2D eigenvalue weighted by Gasteiger charge is -1.94. The van der Waals surface area contributed by atoms with Crippen molar-refractivity contribution in [2.75, 3.05) is 0 Å². The summed E-state index contributed by atoms with van der Waals surface area (Å²) >= 11 is 7.96. The number of aromatic nitrogens is 3. The van der Waals surface area contributed by atoms with Gasteiger partial charge >= 0.3 is 5.69 Å². The maximum Gasteiger partial charge on any atom is 0.350 e. The largest absolute Gasteiger partial charge is 0.350 e. The van der Waals surface area contributed by atoms with Crippen molar-refractivity contribution >= 4 is 39.8 Å². The van der Waals surface area contributed by atoms with Crippen molar-refractivity contribution in [3.05, 3.63) is 31.3 Å². The molecule has 4 nitrogen and oxygen atoms in total. The lowest BCUT2D eigenvalue weighted by Crippen LogP contribution is -2.17. The Kier molecular flexibility index (Phi) is 2.07. The van der Waals surface area contributed by atoms with Crippen molar-refractivity contribution in [1.29, 1.82) is 0 Å². The fraction of sp³-hybridized carbons (Fsp3) is 0.143. The van der Waals surface area contributed by atoms with Crippen LogP contribution in [0.15, 0.2) is 17.1 Å². The second kappa shape index (κ2) is 2.98. The lowest BCUT2D eigenvalue weighted by molar-refractivity contribution is 0.733. The van der Waals surface area contributed by atoms with Crippen LogP contribution in [0, 0.1) is 3.57 Å². The van der Waals surface area contributed by atoms with E-state index in [1.54, 1.807) is 19.3 Å². The van der Waals surface area contributed by atoms with Crippen molar-refractivity contribution in [3.8, 4) is 0 Å². The average Bonchev–Trinajstić information content (AvgIpc) is 2.32. The zero-order valence-electron chi connectivity index (χ0n) is 6.66. The van der Waals surface area contributed by atoms with Gasteiger partial charge in [0.2, 0.25) is 0 Å². The number of pyridine rings is 1. The van der Waals surface area contributed by atoms with Gasteiger partial charge in [-0.25, -0.2) is 13.9 Å². The molecule has 0 aliphatic rings. The fourth-order valence-corrected chi connectivity index (χ4v) is 1.65. The molecule has 0 saturated carbocycles. The zero-order valence-corrected chi connectivity index (χ0v) is 9.57. The molecular formula is C7H5ClIN3O. The number of nitrogens with zero attached hydrogens (tertiary/aromatic N) is 3. The summed E-state index contributed by atoms with van der Waals surface area (Å²) in [6.45, 7) is 0. The molecule has 0 amide bonds. The van der Waals surface area contributed by atoms with E-state index in [1.807, 2.05) is 0 Å². The number of aryl methyl sites for hydroxylation is 1. The van der Waals surface area contributed by atoms with Crippen LogP contribution in [-0.4, -0.2) is 14.2 Å². The Morgan fingerprint density at radius 1 is 1.62 bits per heavy atom. The summed E-state index contributed by atoms with van der Waals surface area (Å²) in [6, 6.07) is 1.77. The summed E-state index contributed by atoms with van der Waals surface area (Å²) < 4.78 is 3.59. The Bertz CT molecular complexity index is 530. The Labute approximate surface area is 92.3 Å². The summed E-state index contributed by atoms with van der Waals surface area (Å²) in [5, 5.41) is 4.58. The molecule has 2 rings (SSSR count). The van der Waals surface area contributed by atoms with Gasteiger partial charge in [-0.3, -0.25) is 0 Å². The Hall–Kier alpha value is -0.560. The molecule has 2 aromatic heterocycles. The molecule has 0 unspecified atom stereocenters. The van der Waals surface area contributed by atoms with Gasteiger partial charge in [0.25, 0.3) is 0 Å². The van der Waals surface area contributed by atoms with Crippen molar-refractivity contribution in [1.82, 2.24) is 14.2 Å². The highest BCUT2D eigenvalue weighted by atomic mass is 127. The summed E-state index contributed by atoms with van der Waals surface area (Å²) in [6.07, 6.45) is 1.58. The minimum atomic E-state index is -0.187. The van der Waals surface area contributed by atoms with Crippen LogP contribution >= 0.6 is 34.2 Å². The first kappa shape index (κ1) is 9.01. The predicted molar refractivity (Wildman–Crippen MR) is 58.2 cm³/mol. The quantitative estimate of drug-likeness (QED) is 0.688. The molecule has 0 aliphatic carbocycles. The van der Waals surface area contributed by atoms with E-state index in [-0.39, 0.29) is 5.69 Å². The highest BCUT2D eigenvalue weighted by molar-refractivity contribution is 14.1. The first-order valence-corrected chi connectivity index (χ1v) is 4.95. The minimum Gasteiger partial charge on any atom is -0.249 e. The molecule has 0 bridgehead atoms. The van der Waals surface area contributed by atoms with Crippen molar-refractivity contribution in [3.63, 3.8) is 0 Å². The Morgan fingerprint density at radius 3 is 3.00 bits per heavy atom. The third kappa shape index (κ3) is 1.35. The predicted octanol–water partition coefficient (Wildman–Crippen LogP) is 1.29. The molecule has 13 heavy (non-hydrogen) atoms. The fourth-order valence-electron chi connectivity index (χ4n) is 1.08. The van der Waals surface area contributed by atoms with Gasteiger partial charge in [-0.2, -0.15) is 5.10 Å². The van der Waals surface area contributed by atoms with Crippen molar-refractivity contribution in [2.45, 2.75) is 0 Å². The number of fused-ring (bicyclic) bond motifs is 1. The van der Waals surface area contributed by atoms with Gasteiger partial charge < -0.3 is 0 Å². The molecule has 2 heterocycles. The average molecular weight is 309 g/mol. The van der Waals surface area contributed by atoms with Crippen molar-refractivity contribution < 1.29 is 0 Å². The zero-order chi connectivity index (χ0) is 9.59. The third-order valence-corrected chi connectivity index (χ3v) is 3.22. The van der Waals surface area contributed by atoms with E-state index in [0.717, 1.165) is 3.57 Å². The molecule has 0 aromatic carbocycles. The van der Waals surface area contributed by atoms with Gasteiger partial charge in [0.05, 0.1) is 5.02 Å². The highest BCUT2D eigenvalue weighted by Crippen LogP contribution is 2.17. The molecule has 0 N–H and O–H groups in total. The van der Waals surface area contributed by atoms with E-state index in [2.05, 4.69) is 27.7 Å². The van der Waals surface area contributed by atoms with Crippen LogP contribution in [0.2, 0.25) is 5.02 Å².